The summed E-state index contributed by atoms with van der Waals surface area (Å²) in [7, 11) is 12.1. The topological polar surface area (TPSA) is 221 Å². The minimum absolute atomic E-state index is 0. The normalized spacial score (nSPS) is 12.3. The summed E-state index contributed by atoms with van der Waals surface area (Å²) in [6.45, 7) is 14.5. The van der Waals surface area contributed by atoms with Gasteiger partial charge in [-0.2, -0.15) is 0 Å². The van der Waals surface area contributed by atoms with E-state index in [0.29, 0.717) is 43.0 Å². The second-order valence-corrected chi connectivity index (χ2v) is 19.7. The number of para-hydroxylation sites is 2. The van der Waals surface area contributed by atoms with Crippen molar-refractivity contribution in [2.75, 3.05) is 108 Å². The Kier molecular flexibility index (Phi) is 17.4. The SMILES string of the molecule is C.CCc1cnc(Nc2cc(N)c(N(C)CCN(C)C)cc2C)nc1-c1cn2c3c(cccc13)OCC2.CCc1cnc(Nc2cc([N+](=O)[O-])c(N(C)CCN(C)C)cc2C)nc1-c1cn2c3c(cccc13)OCC2.N. The number of nitro benzene ring substituents is 1. The van der Waals surface area contributed by atoms with E-state index in [1.807, 2.05) is 81.8 Å². The molecule has 6 heterocycles. The standard InChI is InChI=1S/C28H33N7O3.C28H35N7O.CH4.H3N/c1-6-19-16-29-28(31-26(19)21-17-34-12-13-38-25-9-7-8-20(21)27(25)34)30-22-15-24(35(36)37)23(14-18(22)2)33(5)11-10-32(3)4;1-6-19-16-30-28(31-23-15-22(29)24(14-18(23)2)34(5)11-10-33(3)4)32-26(19)21-17-35-12-13-36-25-9-7-8-20(21)27(25)35;;/h7-9,14-17H,6,10-13H2,1-5H3,(H,29,30,31);7-9,14-17H,6,10-13,29H2,1-5H3,(H,30,31,32);1H4;1H3. The molecule has 0 radical (unpaired) electrons. The largest absolute Gasteiger partial charge is 0.490 e. The van der Waals surface area contributed by atoms with Gasteiger partial charge in [-0.05, 0) is 107 Å². The lowest BCUT2D eigenvalue weighted by atomic mass is 10.0. The molecule has 0 atom stereocenters. The molecule has 0 fully saturated rings. The number of ether oxygens (including phenoxy) is 2. The Morgan fingerprint density at radius 1 is 0.671 bits per heavy atom. The van der Waals surface area contributed by atoms with Crippen molar-refractivity contribution in [2.45, 2.75) is 61.1 Å². The van der Waals surface area contributed by atoms with E-state index < -0.39 is 0 Å². The Bertz CT molecular complexity index is 3370. The molecule has 402 valence electrons. The van der Waals surface area contributed by atoms with Gasteiger partial charge in [0.1, 0.15) is 30.4 Å². The number of nitrogens with zero attached hydrogens (tertiary/aromatic N) is 11. The number of nitrogens with two attached hydrogens (primary N) is 1. The third-order valence-electron chi connectivity index (χ3n) is 13.9. The molecule has 7 N–H and O–H groups in total. The molecule has 4 aromatic carbocycles. The molecule has 19 nitrogen and oxygen atoms in total. The molecule has 2 aliphatic rings. The van der Waals surface area contributed by atoms with Crippen molar-refractivity contribution in [3.05, 3.63) is 118 Å². The Morgan fingerprint density at radius 3 is 1.57 bits per heavy atom. The highest BCUT2D eigenvalue weighted by Gasteiger charge is 2.25. The van der Waals surface area contributed by atoms with Crippen LogP contribution < -0.4 is 41.8 Å². The number of rotatable bonds is 17. The summed E-state index contributed by atoms with van der Waals surface area (Å²) in [6, 6.07) is 19.8. The summed E-state index contributed by atoms with van der Waals surface area (Å²) in [5.41, 5.74) is 20.6. The van der Waals surface area contributed by atoms with Gasteiger partial charge in [0, 0.05) is 98.7 Å². The Hall–Kier alpha value is -8.00. The van der Waals surface area contributed by atoms with Crippen LogP contribution in [0.5, 0.6) is 11.5 Å². The Labute approximate surface area is 446 Å². The minimum Gasteiger partial charge on any atom is -0.490 e. The number of nitrogen functional groups attached to an aromatic ring is 1. The quantitative estimate of drug-likeness (QED) is 0.0378. The van der Waals surface area contributed by atoms with Crippen LogP contribution in [0.4, 0.5) is 46.0 Å². The van der Waals surface area contributed by atoms with E-state index in [9.17, 15) is 10.1 Å². The van der Waals surface area contributed by atoms with Gasteiger partial charge in [0.2, 0.25) is 11.9 Å². The summed E-state index contributed by atoms with van der Waals surface area (Å²) >= 11 is 0. The summed E-state index contributed by atoms with van der Waals surface area (Å²) < 4.78 is 16.3. The number of benzene rings is 4. The lowest BCUT2D eigenvalue weighted by Gasteiger charge is -2.24. The third kappa shape index (κ3) is 11.5. The molecule has 8 aromatic rings. The molecule has 10 rings (SSSR count). The number of likely N-dealkylation sites (N-methyl/N-ethyl adjacent to an activating group) is 4. The number of nitro groups is 1. The zero-order valence-electron chi connectivity index (χ0n) is 45.0. The first kappa shape index (κ1) is 55.7. The number of hydrogen-bond acceptors (Lipinski definition) is 16. The molecule has 2 aliphatic heterocycles. The van der Waals surface area contributed by atoms with Gasteiger partial charge in [0.15, 0.2) is 0 Å². The molecule has 19 heteroatoms. The molecule has 0 amide bonds. The van der Waals surface area contributed by atoms with Gasteiger partial charge < -0.3 is 60.7 Å². The Balaban J connectivity index is 0.000000216. The molecule has 4 aromatic heterocycles. The van der Waals surface area contributed by atoms with Crippen LogP contribution in [0.3, 0.4) is 0 Å². The zero-order chi connectivity index (χ0) is 52.4. The van der Waals surface area contributed by atoms with Crippen LogP contribution in [0, 0.1) is 24.0 Å². The summed E-state index contributed by atoms with van der Waals surface area (Å²) in [4.78, 5) is 39.1. The van der Waals surface area contributed by atoms with Gasteiger partial charge in [-0.3, -0.25) is 10.1 Å². The highest BCUT2D eigenvalue weighted by Crippen LogP contribution is 2.41. The van der Waals surface area contributed by atoms with Crippen LogP contribution in [0.2, 0.25) is 0 Å². The smallest absolute Gasteiger partial charge is 0.294 e. The van der Waals surface area contributed by atoms with Crippen LogP contribution in [0.25, 0.3) is 44.3 Å². The molecule has 0 saturated carbocycles. The van der Waals surface area contributed by atoms with E-state index >= 15 is 0 Å². The number of anilines is 7. The highest BCUT2D eigenvalue weighted by atomic mass is 16.6. The van der Waals surface area contributed by atoms with Crippen molar-refractivity contribution in [1.29, 1.82) is 0 Å². The van der Waals surface area contributed by atoms with Crippen molar-refractivity contribution < 1.29 is 14.4 Å². The lowest BCUT2D eigenvalue weighted by Crippen LogP contribution is -2.29. The third-order valence-corrected chi connectivity index (χ3v) is 13.9. The molecule has 0 unspecified atom stereocenters. The van der Waals surface area contributed by atoms with Crippen LogP contribution in [-0.2, 0) is 25.9 Å². The van der Waals surface area contributed by atoms with E-state index in [0.717, 1.165) is 141 Å². The molecule has 0 saturated heterocycles. The van der Waals surface area contributed by atoms with Crippen molar-refractivity contribution in [3.8, 4) is 34.0 Å². The van der Waals surface area contributed by atoms with Crippen LogP contribution in [-0.4, -0.2) is 125 Å². The van der Waals surface area contributed by atoms with Gasteiger partial charge in [0.25, 0.3) is 5.69 Å². The molecule has 0 aliphatic carbocycles. The lowest BCUT2D eigenvalue weighted by molar-refractivity contribution is -0.384. The van der Waals surface area contributed by atoms with E-state index in [1.165, 1.54) is 0 Å². The molecule has 76 heavy (non-hydrogen) atoms. The first-order chi connectivity index (χ1) is 35.6. The second kappa shape index (κ2) is 23.7. The number of aromatic nitrogens is 6. The summed E-state index contributed by atoms with van der Waals surface area (Å²) in [5, 5.41) is 20.9. The maximum atomic E-state index is 12.0. The second-order valence-electron chi connectivity index (χ2n) is 19.7. The van der Waals surface area contributed by atoms with Gasteiger partial charge in [-0.25, -0.2) is 19.9 Å². The first-order valence-electron chi connectivity index (χ1n) is 25.3. The first-order valence-corrected chi connectivity index (χ1v) is 25.3. The molecule has 0 spiro atoms. The van der Waals surface area contributed by atoms with Crippen LogP contribution >= 0.6 is 0 Å². The van der Waals surface area contributed by atoms with Gasteiger partial charge in [-0.15, -0.1) is 0 Å². The van der Waals surface area contributed by atoms with Crippen LogP contribution in [0.15, 0.2) is 85.5 Å². The fourth-order valence-corrected chi connectivity index (χ4v) is 9.66. The fourth-order valence-electron chi connectivity index (χ4n) is 9.66. The predicted molar refractivity (Wildman–Crippen MR) is 311 cm³/mol. The van der Waals surface area contributed by atoms with Crippen molar-refractivity contribution in [3.63, 3.8) is 0 Å². The summed E-state index contributed by atoms with van der Waals surface area (Å²) in [6.07, 6.45) is 9.71. The molecular weight excluding hydrogens is 959 g/mol. The number of aryl methyl sites for hydroxylation is 4. The molecular formula is C57H75N15O4. The van der Waals surface area contributed by atoms with Gasteiger partial charge >= 0.3 is 0 Å². The number of hydrogen-bond donors (Lipinski definition) is 4. The summed E-state index contributed by atoms with van der Waals surface area (Å²) in [5.74, 6) is 2.76. The number of nitrogens with one attached hydrogen (secondary N) is 2. The maximum absolute atomic E-state index is 12.0. The van der Waals surface area contributed by atoms with Crippen LogP contribution in [0.1, 0.15) is 43.5 Å². The predicted octanol–water partition coefficient (Wildman–Crippen LogP) is 10.5. The van der Waals surface area contributed by atoms with Crippen molar-refractivity contribution in [1.82, 2.24) is 45.0 Å². The van der Waals surface area contributed by atoms with E-state index in [4.69, 9.17) is 25.2 Å². The zero-order valence-corrected chi connectivity index (χ0v) is 45.0. The average Bonchev–Trinajstić information content (AvgIpc) is 4.00. The average molecular weight is 1030 g/mol. The van der Waals surface area contributed by atoms with E-state index in [2.05, 4.69) is 117 Å². The minimum atomic E-state index is -0.339. The Morgan fingerprint density at radius 2 is 1.12 bits per heavy atom. The maximum Gasteiger partial charge on any atom is 0.294 e. The van der Waals surface area contributed by atoms with E-state index in [1.54, 1.807) is 6.07 Å². The van der Waals surface area contributed by atoms with Gasteiger partial charge in [0.05, 0.1) is 57.5 Å². The van der Waals surface area contributed by atoms with Gasteiger partial charge in [-0.1, -0.05) is 45.5 Å². The van der Waals surface area contributed by atoms with Crippen molar-refractivity contribution in [2.24, 2.45) is 0 Å². The van der Waals surface area contributed by atoms with E-state index in [-0.39, 0.29) is 24.2 Å². The molecule has 0 bridgehead atoms. The monoisotopic (exact) mass is 1030 g/mol. The fraction of sp³-hybridized carbons (Fsp3) is 0.368. The highest BCUT2D eigenvalue weighted by molar-refractivity contribution is 6.00. The van der Waals surface area contributed by atoms with Crippen molar-refractivity contribution >= 4 is 67.8 Å².